The van der Waals surface area contributed by atoms with Crippen molar-refractivity contribution >= 4 is 35.8 Å². The van der Waals surface area contributed by atoms with Crippen molar-refractivity contribution in [3.05, 3.63) is 0 Å². The highest BCUT2D eigenvalue weighted by Gasteiger charge is 2.31. The van der Waals surface area contributed by atoms with Crippen LogP contribution in [-0.2, 0) is 4.79 Å². The van der Waals surface area contributed by atoms with Gasteiger partial charge in [0, 0.05) is 66.0 Å². The van der Waals surface area contributed by atoms with Crippen LogP contribution in [0.1, 0.15) is 13.8 Å². The summed E-state index contributed by atoms with van der Waals surface area (Å²) < 4.78 is 0. The van der Waals surface area contributed by atoms with Crippen LogP contribution < -0.4 is 10.6 Å². The Kier molecular flexibility index (Phi) is 9.28. The first-order valence-corrected chi connectivity index (χ1v) is 8.64. The predicted molar refractivity (Wildman–Crippen MR) is 109 cm³/mol. The van der Waals surface area contributed by atoms with Crippen molar-refractivity contribution in [2.24, 2.45) is 10.9 Å². The first kappa shape index (κ1) is 21.4. The minimum atomic E-state index is 0. The van der Waals surface area contributed by atoms with E-state index in [2.05, 4.69) is 39.3 Å². The molecule has 0 spiro atoms. The minimum Gasteiger partial charge on any atom is -0.356 e. The third kappa shape index (κ3) is 6.72. The van der Waals surface area contributed by atoms with E-state index in [0.29, 0.717) is 12.0 Å². The zero-order valence-electron chi connectivity index (χ0n) is 15.4. The summed E-state index contributed by atoms with van der Waals surface area (Å²) in [7, 11) is 3.51. The maximum Gasteiger partial charge on any atom is 0.243 e. The molecule has 0 aliphatic carbocycles. The van der Waals surface area contributed by atoms with Crippen molar-refractivity contribution in [1.82, 2.24) is 25.3 Å². The molecule has 3 saturated heterocycles. The van der Waals surface area contributed by atoms with Gasteiger partial charge in [0.05, 0.1) is 0 Å². The third-order valence-electron chi connectivity index (χ3n) is 4.45. The molecule has 0 radical (unpaired) electrons. The first-order chi connectivity index (χ1) is 11.0. The fourth-order valence-corrected chi connectivity index (χ4v) is 2.90. The number of fused-ring (bicyclic) bond motifs is 3. The summed E-state index contributed by atoms with van der Waals surface area (Å²) in [6, 6.07) is 0.535. The molecule has 3 fully saturated rings. The number of guanidine groups is 1. The number of carbonyl (C=O) groups excluding carboxylic acids is 1. The van der Waals surface area contributed by atoms with E-state index in [-0.39, 0.29) is 36.4 Å². The molecule has 1 unspecified atom stereocenters. The van der Waals surface area contributed by atoms with Gasteiger partial charge in [-0.05, 0) is 5.92 Å². The average Bonchev–Trinajstić information content (AvgIpc) is 2.54. The number of hydrogen-bond donors (Lipinski definition) is 2. The largest absolute Gasteiger partial charge is 0.356 e. The molecule has 7 nitrogen and oxygen atoms in total. The van der Waals surface area contributed by atoms with Gasteiger partial charge in [0.25, 0.3) is 0 Å². The molecule has 3 aliphatic heterocycles. The second-order valence-corrected chi connectivity index (χ2v) is 7.10. The van der Waals surface area contributed by atoms with Crippen molar-refractivity contribution in [2.75, 3.05) is 66.5 Å². The van der Waals surface area contributed by atoms with Crippen LogP contribution >= 0.6 is 24.0 Å². The molecule has 0 aromatic rings. The van der Waals surface area contributed by atoms with E-state index in [9.17, 15) is 4.79 Å². The van der Waals surface area contributed by atoms with E-state index < -0.39 is 0 Å². The molecular weight excluding hydrogens is 419 g/mol. The number of aliphatic imine (C=N–C) groups is 1. The lowest BCUT2D eigenvalue weighted by Crippen LogP contribution is -2.63. The number of hydrogen-bond acceptors (Lipinski definition) is 4. The first-order valence-electron chi connectivity index (χ1n) is 8.64. The number of halogens is 1. The van der Waals surface area contributed by atoms with E-state index in [1.54, 1.807) is 19.0 Å². The lowest BCUT2D eigenvalue weighted by Gasteiger charge is -2.47. The maximum atomic E-state index is 11.7. The number of nitrogens with zero attached hydrogens (tertiary/aromatic N) is 4. The molecule has 3 rings (SSSR count). The monoisotopic (exact) mass is 452 g/mol. The number of likely N-dealkylation sites (N-methyl/N-ethyl adjacent to an activating group) is 1. The molecular formula is C16H33IN6O. The number of amides is 1. The normalized spacial score (nSPS) is 26.0. The molecule has 8 heteroatoms. The number of piperazine rings is 3. The Bertz CT molecular complexity index is 421. The Morgan fingerprint density at radius 1 is 1.21 bits per heavy atom. The van der Waals surface area contributed by atoms with E-state index >= 15 is 0 Å². The molecule has 24 heavy (non-hydrogen) atoms. The van der Waals surface area contributed by atoms with Crippen molar-refractivity contribution in [2.45, 2.75) is 19.9 Å². The van der Waals surface area contributed by atoms with Crippen LogP contribution in [0.4, 0.5) is 0 Å². The molecule has 3 heterocycles. The Morgan fingerprint density at radius 2 is 1.88 bits per heavy atom. The zero-order chi connectivity index (χ0) is 16.8. The zero-order valence-corrected chi connectivity index (χ0v) is 17.7. The lowest BCUT2D eigenvalue weighted by molar-refractivity contribution is -0.127. The van der Waals surface area contributed by atoms with Crippen molar-refractivity contribution in [3.63, 3.8) is 0 Å². The summed E-state index contributed by atoms with van der Waals surface area (Å²) in [4.78, 5) is 22.8. The molecule has 0 saturated carbocycles. The number of carbonyl (C=O) groups is 1. The molecule has 2 N–H and O–H groups in total. The van der Waals surface area contributed by atoms with Gasteiger partial charge in [-0.25, -0.2) is 4.99 Å². The maximum absolute atomic E-state index is 11.7. The van der Waals surface area contributed by atoms with Crippen LogP contribution in [0.15, 0.2) is 4.99 Å². The molecule has 2 bridgehead atoms. The van der Waals surface area contributed by atoms with Gasteiger partial charge in [0.2, 0.25) is 5.91 Å². The molecule has 0 aromatic carbocycles. The van der Waals surface area contributed by atoms with Gasteiger partial charge >= 0.3 is 0 Å². The van der Waals surface area contributed by atoms with Crippen molar-refractivity contribution < 1.29 is 4.79 Å². The summed E-state index contributed by atoms with van der Waals surface area (Å²) in [6.07, 6.45) is 0. The van der Waals surface area contributed by atoms with E-state index in [0.717, 1.165) is 38.7 Å². The van der Waals surface area contributed by atoms with Crippen LogP contribution in [0.2, 0.25) is 0 Å². The van der Waals surface area contributed by atoms with Crippen LogP contribution in [0.25, 0.3) is 0 Å². The highest BCUT2D eigenvalue weighted by Crippen LogP contribution is 2.14. The van der Waals surface area contributed by atoms with E-state index in [1.165, 1.54) is 13.1 Å². The van der Waals surface area contributed by atoms with E-state index in [4.69, 9.17) is 0 Å². The van der Waals surface area contributed by atoms with Gasteiger partial charge < -0.3 is 15.5 Å². The highest BCUT2D eigenvalue weighted by atomic mass is 127. The summed E-state index contributed by atoms with van der Waals surface area (Å²) in [5.74, 6) is 1.29. The predicted octanol–water partition coefficient (Wildman–Crippen LogP) is -0.116. The fraction of sp³-hybridized carbons (Fsp3) is 0.875. The van der Waals surface area contributed by atoms with Crippen LogP contribution in [0, 0.1) is 5.92 Å². The second-order valence-electron chi connectivity index (χ2n) is 7.10. The Morgan fingerprint density at radius 3 is 2.38 bits per heavy atom. The molecule has 3 aliphatic rings. The summed E-state index contributed by atoms with van der Waals surface area (Å²) in [5.41, 5.74) is 0. The van der Waals surface area contributed by atoms with Gasteiger partial charge in [-0.3, -0.25) is 14.6 Å². The topological polar surface area (TPSA) is 63.2 Å². The summed E-state index contributed by atoms with van der Waals surface area (Å²) in [6.45, 7) is 12.1. The van der Waals surface area contributed by atoms with Gasteiger partial charge in [0.15, 0.2) is 5.96 Å². The molecule has 140 valence electrons. The smallest absolute Gasteiger partial charge is 0.243 e. The highest BCUT2D eigenvalue weighted by molar-refractivity contribution is 14.0. The Balaban J connectivity index is 0.00000288. The number of nitrogens with one attached hydrogen (secondary N) is 2. The Labute approximate surface area is 163 Å². The minimum absolute atomic E-state index is 0. The van der Waals surface area contributed by atoms with Crippen molar-refractivity contribution in [3.8, 4) is 0 Å². The molecule has 0 aromatic heterocycles. The van der Waals surface area contributed by atoms with Crippen LogP contribution in [0.5, 0.6) is 0 Å². The summed E-state index contributed by atoms with van der Waals surface area (Å²) in [5, 5.41) is 6.76. The second kappa shape index (κ2) is 10.4. The van der Waals surface area contributed by atoms with Gasteiger partial charge in [0.1, 0.15) is 6.54 Å². The third-order valence-corrected chi connectivity index (χ3v) is 4.45. The molecule has 1 atom stereocenters. The quantitative estimate of drug-likeness (QED) is 0.335. The lowest BCUT2D eigenvalue weighted by atomic mass is 10.1. The SMILES string of the molecule is CC(C)CNC(=NCC(=O)N(C)C)NCC1CN2CCN1CC2.I. The van der Waals surface area contributed by atoms with Gasteiger partial charge in [-0.2, -0.15) is 0 Å². The van der Waals surface area contributed by atoms with Crippen LogP contribution in [0.3, 0.4) is 0 Å². The standard InChI is InChI=1S/C16H32N6O.HI/c1-13(2)9-17-16(19-11-15(23)20(3)4)18-10-14-12-21-5-7-22(14)8-6-21;/h13-14H,5-12H2,1-4H3,(H2,17,18,19);1H. The van der Waals surface area contributed by atoms with Crippen LogP contribution in [-0.4, -0.2) is 99.1 Å². The van der Waals surface area contributed by atoms with Crippen molar-refractivity contribution in [1.29, 1.82) is 0 Å². The van der Waals surface area contributed by atoms with Gasteiger partial charge in [-0.15, -0.1) is 24.0 Å². The summed E-state index contributed by atoms with van der Waals surface area (Å²) >= 11 is 0. The molecule has 1 amide bonds. The fourth-order valence-electron chi connectivity index (χ4n) is 2.90. The number of rotatable bonds is 6. The van der Waals surface area contributed by atoms with E-state index in [1.807, 2.05) is 0 Å². The average molecular weight is 452 g/mol. The van der Waals surface area contributed by atoms with Gasteiger partial charge in [-0.1, -0.05) is 13.8 Å². The Hall–Kier alpha value is -0.610.